The molecule has 1 aliphatic heterocycles. The van der Waals surface area contributed by atoms with E-state index in [2.05, 4.69) is 15.6 Å². The van der Waals surface area contributed by atoms with Crippen LogP contribution in [0.4, 0.5) is 0 Å². The van der Waals surface area contributed by atoms with E-state index in [9.17, 15) is 4.79 Å². The molecule has 0 saturated carbocycles. The lowest BCUT2D eigenvalue weighted by Gasteiger charge is -2.32. The van der Waals surface area contributed by atoms with Crippen molar-refractivity contribution in [2.75, 3.05) is 26.7 Å². The van der Waals surface area contributed by atoms with Gasteiger partial charge in [-0.2, -0.15) is 0 Å². The zero-order valence-electron chi connectivity index (χ0n) is 11.3. The van der Waals surface area contributed by atoms with Gasteiger partial charge in [0.25, 0.3) is 0 Å². The molecule has 4 N–H and O–H groups in total. The van der Waals surface area contributed by atoms with Gasteiger partial charge in [0.1, 0.15) is 0 Å². The number of likely N-dealkylation sites (tertiary alicyclic amines) is 1. The summed E-state index contributed by atoms with van der Waals surface area (Å²) in [4.78, 5) is 13.9. The summed E-state index contributed by atoms with van der Waals surface area (Å²) in [5, 5.41) is 3.23. The summed E-state index contributed by atoms with van der Waals surface area (Å²) in [6.07, 6.45) is 4.00. The summed E-state index contributed by atoms with van der Waals surface area (Å²) < 4.78 is 5.20. The quantitative estimate of drug-likeness (QED) is 0.406. The van der Waals surface area contributed by atoms with Crippen molar-refractivity contribution in [2.24, 2.45) is 11.8 Å². The zero-order valence-corrected chi connectivity index (χ0v) is 11.3. The fourth-order valence-electron chi connectivity index (χ4n) is 2.72. The Morgan fingerprint density at radius 2 is 2.47 bits per heavy atom. The van der Waals surface area contributed by atoms with E-state index in [0.29, 0.717) is 11.7 Å². The maximum atomic E-state index is 11.5. The van der Waals surface area contributed by atoms with Crippen LogP contribution in [0.3, 0.4) is 0 Å². The van der Waals surface area contributed by atoms with Crippen molar-refractivity contribution in [3.8, 4) is 0 Å². The Morgan fingerprint density at radius 1 is 1.63 bits per heavy atom. The second-order valence-corrected chi connectivity index (χ2v) is 5.05. The highest BCUT2D eigenvalue weighted by atomic mass is 16.3. The van der Waals surface area contributed by atoms with Crippen LogP contribution in [0, 0.1) is 5.92 Å². The number of amides is 1. The summed E-state index contributed by atoms with van der Waals surface area (Å²) in [5.41, 5.74) is 3.01. The lowest BCUT2D eigenvalue weighted by molar-refractivity contribution is 0.0921. The molecule has 0 bridgehead atoms. The van der Waals surface area contributed by atoms with Gasteiger partial charge in [-0.05, 0) is 45.0 Å². The predicted octanol–water partition coefficient (Wildman–Crippen LogP) is 0.315. The molecule has 1 atom stereocenters. The van der Waals surface area contributed by atoms with Gasteiger partial charge >= 0.3 is 5.91 Å². The molecule has 1 fully saturated rings. The molecule has 106 valence electrons. The maximum absolute atomic E-state index is 11.5. The first-order chi connectivity index (χ1) is 9.24. The van der Waals surface area contributed by atoms with Gasteiger partial charge in [0.15, 0.2) is 5.76 Å². The minimum Gasteiger partial charge on any atom is -0.459 e. The third-order valence-corrected chi connectivity index (χ3v) is 3.57. The van der Waals surface area contributed by atoms with Gasteiger partial charge in [-0.25, -0.2) is 5.84 Å². The molecule has 6 nitrogen and oxygen atoms in total. The number of hydrazine groups is 1. The number of furan rings is 1. The molecule has 0 aliphatic carbocycles. The Kier molecular flexibility index (Phi) is 4.95. The van der Waals surface area contributed by atoms with Crippen LogP contribution in [-0.4, -0.2) is 37.5 Å². The average molecular weight is 266 g/mol. The average Bonchev–Trinajstić information content (AvgIpc) is 2.87. The van der Waals surface area contributed by atoms with Gasteiger partial charge in [0.05, 0.1) is 6.26 Å². The van der Waals surface area contributed by atoms with E-state index in [1.165, 1.54) is 19.1 Å². The number of hydrogen-bond acceptors (Lipinski definition) is 5. The second-order valence-electron chi connectivity index (χ2n) is 5.05. The van der Waals surface area contributed by atoms with Gasteiger partial charge < -0.3 is 9.73 Å². The van der Waals surface area contributed by atoms with Gasteiger partial charge in [0.2, 0.25) is 0 Å². The van der Waals surface area contributed by atoms with E-state index < -0.39 is 0 Å². The first-order valence-electron chi connectivity index (χ1n) is 6.69. The van der Waals surface area contributed by atoms with Crippen molar-refractivity contribution >= 4 is 5.91 Å². The molecule has 0 spiro atoms. The number of piperidine rings is 1. The van der Waals surface area contributed by atoms with Crippen LogP contribution in [0.25, 0.3) is 0 Å². The van der Waals surface area contributed by atoms with Crippen molar-refractivity contribution in [1.82, 2.24) is 15.6 Å². The smallest absolute Gasteiger partial charge is 0.301 e. The van der Waals surface area contributed by atoms with Gasteiger partial charge in [-0.1, -0.05) is 0 Å². The minimum atomic E-state index is -0.371. The van der Waals surface area contributed by atoms with Crippen LogP contribution in [0.15, 0.2) is 16.7 Å². The maximum Gasteiger partial charge on any atom is 0.301 e. The van der Waals surface area contributed by atoms with E-state index in [-0.39, 0.29) is 5.91 Å². The molecular formula is C13H22N4O2. The van der Waals surface area contributed by atoms with E-state index in [1.54, 1.807) is 0 Å². The Hall–Kier alpha value is -1.37. The van der Waals surface area contributed by atoms with Crippen LogP contribution in [0.2, 0.25) is 0 Å². The number of carbonyl (C=O) groups excluding carboxylic acids is 1. The molecule has 2 rings (SSSR count). The van der Waals surface area contributed by atoms with Gasteiger partial charge in [0, 0.05) is 18.7 Å². The van der Waals surface area contributed by atoms with E-state index in [0.717, 1.165) is 31.7 Å². The second kappa shape index (κ2) is 6.70. The first kappa shape index (κ1) is 14.0. The molecule has 1 aliphatic rings. The number of nitrogens with two attached hydrogens (primary N) is 1. The number of rotatable bonds is 5. The lowest BCUT2D eigenvalue weighted by atomic mass is 9.97. The molecule has 1 aromatic rings. The molecule has 1 unspecified atom stereocenters. The van der Waals surface area contributed by atoms with Crippen molar-refractivity contribution in [3.63, 3.8) is 0 Å². The molecule has 0 aromatic carbocycles. The van der Waals surface area contributed by atoms with Crippen molar-refractivity contribution < 1.29 is 9.21 Å². The van der Waals surface area contributed by atoms with E-state index >= 15 is 0 Å². The monoisotopic (exact) mass is 266 g/mol. The van der Waals surface area contributed by atoms with Crippen LogP contribution < -0.4 is 16.6 Å². The summed E-state index contributed by atoms with van der Waals surface area (Å²) in [7, 11) is 1.98. The first-order valence-corrected chi connectivity index (χ1v) is 6.69. The summed E-state index contributed by atoms with van der Waals surface area (Å²) in [5.74, 6) is 5.77. The summed E-state index contributed by atoms with van der Waals surface area (Å²) >= 11 is 0. The van der Waals surface area contributed by atoms with Gasteiger partial charge in [-0.3, -0.25) is 15.1 Å². The van der Waals surface area contributed by atoms with Crippen LogP contribution in [0.5, 0.6) is 0 Å². The third kappa shape index (κ3) is 3.56. The number of carbonyl (C=O) groups is 1. The number of nitrogens with one attached hydrogen (secondary N) is 2. The molecule has 1 saturated heterocycles. The molecule has 6 heteroatoms. The highest BCUT2D eigenvalue weighted by molar-refractivity contribution is 5.92. The van der Waals surface area contributed by atoms with Crippen molar-refractivity contribution in [3.05, 3.63) is 23.7 Å². The van der Waals surface area contributed by atoms with Crippen LogP contribution in [0.1, 0.15) is 29.0 Å². The number of hydrogen-bond donors (Lipinski definition) is 3. The fraction of sp³-hybridized carbons (Fsp3) is 0.615. The molecular weight excluding hydrogens is 244 g/mol. The summed E-state index contributed by atoms with van der Waals surface area (Å²) in [6, 6.07) is 1.84. The number of nitrogens with zero attached hydrogens (tertiary/aromatic N) is 1. The lowest BCUT2D eigenvalue weighted by Crippen LogP contribution is -2.39. The molecule has 19 heavy (non-hydrogen) atoms. The Morgan fingerprint density at radius 3 is 3.21 bits per heavy atom. The van der Waals surface area contributed by atoms with Gasteiger partial charge in [-0.15, -0.1) is 0 Å². The number of nitrogen functional groups attached to an aromatic ring is 1. The molecule has 1 amide bonds. The molecule has 0 radical (unpaired) electrons. The van der Waals surface area contributed by atoms with E-state index in [4.69, 9.17) is 10.3 Å². The molecule has 1 aromatic heterocycles. The SMILES string of the molecule is CNCC1CCCN(Cc2ccoc2C(=O)NN)C1. The minimum absolute atomic E-state index is 0.318. The van der Waals surface area contributed by atoms with E-state index in [1.807, 2.05) is 13.1 Å². The normalized spacial score (nSPS) is 20.4. The highest BCUT2D eigenvalue weighted by Crippen LogP contribution is 2.20. The van der Waals surface area contributed by atoms with Crippen molar-refractivity contribution in [1.29, 1.82) is 0 Å². The van der Waals surface area contributed by atoms with Crippen LogP contribution >= 0.6 is 0 Å². The largest absolute Gasteiger partial charge is 0.459 e. The Bertz CT molecular complexity index is 417. The fourth-order valence-corrected chi connectivity index (χ4v) is 2.72. The Balaban J connectivity index is 1.97. The standard InChI is InChI=1S/C13H22N4O2/c1-15-7-10-3-2-5-17(8-10)9-11-4-6-19-12(11)13(18)16-14/h4,6,10,15H,2-3,5,7-9,14H2,1H3,(H,16,18). The van der Waals surface area contributed by atoms with Crippen LogP contribution in [-0.2, 0) is 6.54 Å². The zero-order chi connectivity index (χ0) is 13.7. The predicted molar refractivity (Wildman–Crippen MR) is 72.3 cm³/mol. The topological polar surface area (TPSA) is 83.5 Å². The third-order valence-electron chi connectivity index (χ3n) is 3.57. The summed E-state index contributed by atoms with van der Waals surface area (Å²) in [6.45, 7) is 3.89. The Labute approximate surface area is 113 Å². The highest BCUT2D eigenvalue weighted by Gasteiger charge is 2.22. The van der Waals surface area contributed by atoms with Crippen molar-refractivity contribution in [2.45, 2.75) is 19.4 Å². The molecule has 2 heterocycles.